The summed E-state index contributed by atoms with van der Waals surface area (Å²) >= 11 is 0. The van der Waals surface area contributed by atoms with Crippen molar-refractivity contribution in [2.24, 2.45) is 0 Å². The van der Waals surface area contributed by atoms with E-state index in [0.29, 0.717) is 0 Å². The van der Waals surface area contributed by atoms with Gasteiger partial charge in [-0.05, 0) is 37.3 Å². The molecule has 2 heteroatoms. The van der Waals surface area contributed by atoms with Crippen LogP contribution in [-0.2, 0) is 0 Å². The van der Waals surface area contributed by atoms with Crippen LogP contribution in [0.4, 0.5) is 0 Å². The minimum absolute atomic E-state index is 0.112. The molecule has 0 bridgehead atoms. The first kappa shape index (κ1) is 13.9. The summed E-state index contributed by atoms with van der Waals surface area (Å²) in [6, 6.07) is 14.7. The summed E-state index contributed by atoms with van der Waals surface area (Å²) in [4.78, 5) is 2.14. The quantitative estimate of drug-likeness (QED) is 0.582. The molecule has 1 unspecified atom stereocenters. The zero-order valence-electron chi connectivity index (χ0n) is 13.4. The molecule has 4 rings (SSSR count). The third-order valence-corrected chi connectivity index (χ3v) is 4.66. The largest absolute Gasteiger partial charge is 0.456 e. The lowest BCUT2D eigenvalue weighted by Gasteiger charge is -2.30. The molecule has 0 saturated heterocycles. The third-order valence-electron chi connectivity index (χ3n) is 4.66. The highest BCUT2D eigenvalue weighted by molar-refractivity contribution is 6.05. The molecule has 1 aliphatic rings. The second-order valence-electron chi connectivity index (χ2n) is 6.06. The van der Waals surface area contributed by atoms with Gasteiger partial charge in [0.1, 0.15) is 11.2 Å². The number of furan rings is 1. The van der Waals surface area contributed by atoms with Crippen LogP contribution in [0.25, 0.3) is 21.9 Å². The Morgan fingerprint density at radius 3 is 2.61 bits per heavy atom. The summed E-state index contributed by atoms with van der Waals surface area (Å²) in [5, 5.41) is 2.33. The van der Waals surface area contributed by atoms with Crippen LogP contribution < -0.4 is 0 Å². The van der Waals surface area contributed by atoms with Gasteiger partial charge in [-0.1, -0.05) is 49.1 Å². The predicted octanol–water partition coefficient (Wildman–Crippen LogP) is 5.94. The van der Waals surface area contributed by atoms with Gasteiger partial charge in [0, 0.05) is 22.5 Å². The van der Waals surface area contributed by atoms with Crippen LogP contribution in [0.5, 0.6) is 0 Å². The van der Waals surface area contributed by atoms with E-state index in [4.69, 9.17) is 4.42 Å². The van der Waals surface area contributed by atoms with Crippen molar-refractivity contribution in [3.05, 3.63) is 84.2 Å². The molecule has 0 saturated carbocycles. The Labute approximate surface area is 136 Å². The minimum atomic E-state index is 0.112. The van der Waals surface area contributed by atoms with E-state index in [1.807, 2.05) is 18.3 Å². The number of benzene rings is 2. The number of rotatable bonds is 2. The van der Waals surface area contributed by atoms with Gasteiger partial charge in [-0.25, -0.2) is 0 Å². The Bertz CT molecular complexity index is 974. The summed E-state index contributed by atoms with van der Waals surface area (Å²) in [6.07, 6.45) is 6.30. The SMILES string of the molecule is C=CN1C=C(C)C(C)=CC1c1cccc2c1oc1ccccc12. The maximum Gasteiger partial charge on any atom is 0.141 e. The maximum absolute atomic E-state index is 6.18. The number of para-hydroxylation sites is 2. The van der Waals surface area contributed by atoms with Crippen molar-refractivity contribution < 1.29 is 4.42 Å². The molecule has 0 radical (unpaired) electrons. The van der Waals surface area contributed by atoms with Gasteiger partial charge in [0.2, 0.25) is 0 Å². The van der Waals surface area contributed by atoms with Crippen molar-refractivity contribution in [3.63, 3.8) is 0 Å². The monoisotopic (exact) mass is 301 g/mol. The Balaban J connectivity index is 1.97. The summed E-state index contributed by atoms with van der Waals surface area (Å²) in [5.74, 6) is 0. The van der Waals surface area contributed by atoms with E-state index in [2.05, 4.69) is 67.9 Å². The minimum Gasteiger partial charge on any atom is -0.456 e. The van der Waals surface area contributed by atoms with E-state index < -0.39 is 0 Å². The van der Waals surface area contributed by atoms with Crippen LogP contribution in [0.3, 0.4) is 0 Å². The fourth-order valence-electron chi connectivity index (χ4n) is 3.28. The number of hydrogen-bond acceptors (Lipinski definition) is 2. The van der Waals surface area contributed by atoms with E-state index >= 15 is 0 Å². The second kappa shape index (κ2) is 5.17. The first-order chi connectivity index (χ1) is 11.2. The maximum atomic E-state index is 6.18. The summed E-state index contributed by atoms with van der Waals surface area (Å²) < 4.78 is 6.18. The third kappa shape index (κ3) is 2.10. The lowest BCUT2D eigenvalue weighted by molar-refractivity contribution is 0.426. The molecular weight excluding hydrogens is 282 g/mol. The molecule has 2 nitrogen and oxygen atoms in total. The summed E-state index contributed by atoms with van der Waals surface area (Å²) in [6.45, 7) is 8.24. The highest BCUT2D eigenvalue weighted by atomic mass is 16.3. The lowest BCUT2D eigenvalue weighted by atomic mass is 9.95. The molecule has 0 N–H and O–H groups in total. The molecule has 2 aromatic carbocycles. The average Bonchev–Trinajstić information content (AvgIpc) is 2.95. The summed E-state index contributed by atoms with van der Waals surface area (Å²) in [7, 11) is 0. The Hall–Kier alpha value is -2.74. The van der Waals surface area contributed by atoms with Crippen molar-refractivity contribution in [1.82, 2.24) is 4.90 Å². The molecule has 0 amide bonds. The highest BCUT2D eigenvalue weighted by Crippen LogP contribution is 2.38. The molecule has 114 valence electrons. The van der Waals surface area contributed by atoms with Gasteiger partial charge < -0.3 is 9.32 Å². The Morgan fingerprint density at radius 1 is 1.00 bits per heavy atom. The topological polar surface area (TPSA) is 16.4 Å². The number of allylic oxidation sites excluding steroid dienone is 2. The lowest BCUT2D eigenvalue weighted by Crippen LogP contribution is -2.20. The van der Waals surface area contributed by atoms with Gasteiger partial charge in [0.05, 0.1) is 6.04 Å². The molecule has 0 aliphatic carbocycles. The van der Waals surface area contributed by atoms with Crippen molar-refractivity contribution in [1.29, 1.82) is 0 Å². The van der Waals surface area contributed by atoms with E-state index in [0.717, 1.165) is 16.6 Å². The van der Waals surface area contributed by atoms with Gasteiger partial charge in [-0.3, -0.25) is 0 Å². The van der Waals surface area contributed by atoms with Crippen LogP contribution >= 0.6 is 0 Å². The second-order valence-corrected chi connectivity index (χ2v) is 6.06. The fraction of sp³-hybridized carbons (Fsp3) is 0.143. The van der Waals surface area contributed by atoms with Crippen molar-refractivity contribution in [2.75, 3.05) is 0 Å². The number of nitrogens with zero attached hydrogens (tertiary/aromatic N) is 1. The molecule has 3 aromatic rings. The molecular formula is C21H19NO. The molecule has 23 heavy (non-hydrogen) atoms. The molecule has 0 fully saturated rings. The number of fused-ring (bicyclic) bond motifs is 3. The van der Waals surface area contributed by atoms with E-state index in [-0.39, 0.29) is 6.04 Å². The van der Waals surface area contributed by atoms with E-state index in [9.17, 15) is 0 Å². The first-order valence-electron chi connectivity index (χ1n) is 7.86. The van der Waals surface area contributed by atoms with Crippen molar-refractivity contribution >= 4 is 21.9 Å². The van der Waals surface area contributed by atoms with Gasteiger partial charge in [-0.2, -0.15) is 0 Å². The smallest absolute Gasteiger partial charge is 0.141 e. The van der Waals surface area contributed by atoms with Crippen LogP contribution in [0.15, 0.2) is 83.1 Å². The van der Waals surface area contributed by atoms with E-state index in [1.54, 1.807) is 0 Å². The van der Waals surface area contributed by atoms with Crippen molar-refractivity contribution in [2.45, 2.75) is 19.9 Å². The molecule has 1 aromatic heterocycles. The van der Waals surface area contributed by atoms with Gasteiger partial charge in [0.25, 0.3) is 0 Å². The van der Waals surface area contributed by atoms with Crippen LogP contribution in [0.2, 0.25) is 0 Å². The molecule has 1 aliphatic heterocycles. The highest BCUT2D eigenvalue weighted by Gasteiger charge is 2.22. The Kier molecular flexibility index (Phi) is 3.12. The first-order valence-corrected chi connectivity index (χ1v) is 7.86. The van der Waals surface area contributed by atoms with Crippen molar-refractivity contribution in [3.8, 4) is 0 Å². The average molecular weight is 301 g/mol. The van der Waals surface area contributed by atoms with Crippen LogP contribution in [0.1, 0.15) is 25.5 Å². The molecule has 0 spiro atoms. The van der Waals surface area contributed by atoms with Crippen LogP contribution in [-0.4, -0.2) is 4.90 Å². The predicted molar refractivity (Wildman–Crippen MR) is 96.0 cm³/mol. The van der Waals surface area contributed by atoms with Gasteiger partial charge >= 0.3 is 0 Å². The summed E-state index contributed by atoms with van der Waals surface area (Å²) in [5.41, 5.74) is 5.62. The standard InChI is InChI=1S/C21H19NO/c1-4-22-13-15(3)14(2)12-19(22)18-10-7-9-17-16-8-5-6-11-20(16)23-21(17)18/h4-13,19H,1H2,2-3H3. The van der Waals surface area contributed by atoms with Crippen LogP contribution in [0, 0.1) is 0 Å². The molecule has 1 atom stereocenters. The van der Waals surface area contributed by atoms with Gasteiger partial charge in [0.15, 0.2) is 0 Å². The number of hydrogen-bond donors (Lipinski definition) is 0. The zero-order chi connectivity index (χ0) is 16.0. The molecule has 2 heterocycles. The zero-order valence-corrected chi connectivity index (χ0v) is 13.4. The fourth-order valence-corrected chi connectivity index (χ4v) is 3.28. The van der Waals surface area contributed by atoms with Gasteiger partial charge in [-0.15, -0.1) is 0 Å². The van der Waals surface area contributed by atoms with E-state index in [1.165, 1.54) is 22.1 Å². The Morgan fingerprint density at radius 2 is 1.78 bits per heavy atom. The normalized spacial score (nSPS) is 18.2.